The number of ether oxygens (including phenoxy) is 2. The summed E-state index contributed by atoms with van der Waals surface area (Å²) in [5.41, 5.74) is 7.92. The van der Waals surface area contributed by atoms with Crippen LogP contribution in [-0.4, -0.2) is 13.7 Å². The van der Waals surface area contributed by atoms with Crippen LogP contribution < -0.4 is 10.5 Å². The molecule has 0 radical (unpaired) electrons. The summed E-state index contributed by atoms with van der Waals surface area (Å²) < 4.78 is 10.8. The lowest BCUT2D eigenvalue weighted by atomic mass is 10.1. The minimum absolute atomic E-state index is 0.521. The molecule has 0 atom stereocenters. The van der Waals surface area contributed by atoms with Gasteiger partial charge in [0.15, 0.2) is 0 Å². The molecular weight excluding hydrogens is 238 g/mol. The Morgan fingerprint density at radius 3 is 2.42 bits per heavy atom. The monoisotopic (exact) mass is 257 g/mol. The molecule has 0 aliphatic heterocycles. The van der Waals surface area contributed by atoms with Crippen LogP contribution in [0.3, 0.4) is 0 Å². The number of methoxy groups -OCH3 is 1. The van der Waals surface area contributed by atoms with Gasteiger partial charge in [0.2, 0.25) is 0 Å². The number of nitrogens with two attached hydrogens (primary N) is 1. The van der Waals surface area contributed by atoms with Gasteiger partial charge in [-0.05, 0) is 41.8 Å². The van der Waals surface area contributed by atoms with Crippen LogP contribution >= 0.6 is 0 Å². The van der Waals surface area contributed by atoms with Gasteiger partial charge in [0, 0.05) is 13.7 Å². The van der Waals surface area contributed by atoms with Crippen LogP contribution in [0.4, 0.5) is 0 Å². The maximum absolute atomic E-state index is 5.79. The molecule has 3 nitrogen and oxygen atoms in total. The van der Waals surface area contributed by atoms with E-state index in [0.717, 1.165) is 30.1 Å². The largest absolute Gasteiger partial charge is 0.457 e. The van der Waals surface area contributed by atoms with E-state index in [9.17, 15) is 0 Å². The standard InChI is InChI=1S/C16H19NO2/c1-18-10-9-13-5-7-15(8-6-13)19-16-4-2-3-14(11-16)12-17/h2-8,11H,9-10,12,17H2,1H3. The summed E-state index contributed by atoms with van der Waals surface area (Å²) in [6.45, 7) is 1.26. The summed E-state index contributed by atoms with van der Waals surface area (Å²) in [4.78, 5) is 0. The fraction of sp³-hybridized carbons (Fsp3) is 0.250. The summed E-state index contributed by atoms with van der Waals surface area (Å²) in [7, 11) is 1.71. The fourth-order valence-electron chi connectivity index (χ4n) is 1.82. The minimum Gasteiger partial charge on any atom is -0.457 e. The molecule has 19 heavy (non-hydrogen) atoms. The first-order chi connectivity index (χ1) is 9.31. The molecule has 2 aromatic rings. The average Bonchev–Trinajstić information content (AvgIpc) is 2.47. The summed E-state index contributed by atoms with van der Waals surface area (Å²) in [6.07, 6.45) is 0.916. The number of benzene rings is 2. The zero-order valence-electron chi connectivity index (χ0n) is 11.1. The third kappa shape index (κ3) is 4.09. The maximum Gasteiger partial charge on any atom is 0.127 e. The van der Waals surface area contributed by atoms with E-state index in [1.165, 1.54) is 5.56 Å². The Balaban J connectivity index is 2.02. The highest BCUT2D eigenvalue weighted by molar-refractivity contribution is 5.35. The van der Waals surface area contributed by atoms with E-state index in [2.05, 4.69) is 12.1 Å². The second kappa shape index (κ2) is 6.92. The van der Waals surface area contributed by atoms with Crippen molar-refractivity contribution in [3.63, 3.8) is 0 Å². The first-order valence-electron chi connectivity index (χ1n) is 6.36. The van der Waals surface area contributed by atoms with Gasteiger partial charge in [0.25, 0.3) is 0 Å². The molecule has 0 aromatic heterocycles. The third-order valence-electron chi connectivity index (χ3n) is 2.89. The van der Waals surface area contributed by atoms with Gasteiger partial charge < -0.3 is 15.2 Å². The second-order valence-electron chi connectivity index (χ2n) is 4.34. The van der Waals surface area contributed by atoms with Crippen molar-refractivity contribution in [2.45, 2.75) is 13.0 Å². The van der Waals surface area contributed by atoms with Crippen LogP contribution in [0.25, 0.3) is 0 Å². The molecule has 3 heteroatoms. The van der Waals surface area contributed by atoms with Crippen LogP contribution in [0.2, 0.25) is 0 Å². The van der Waals surface area contributed by atoms with Gasteiger partial charge in [0.05, 0.1) is 6.61 Å². The van der Waals surface area contributed by atoms with Gasteiger partial charge in [-0.15, -0.1) is 0 Å². The van der Waals surface area contributed by atoms with Crippen molar-refractivity contribution in [3.8, 4) is 11.5 Å². The molecule has 0 aliphatic carbocycles. The molecule has 0 amide bonds. The first-order valence-corrected chi connectivity index (χ1v) is 6.36. The highest BCUT2D eigenvalue weighted by atomic mass is 16.5. The Bertz CT molecular complexity index is 508. The van der Waals surface area contributed by atoms with E-state index < -0.39 is 0 Å². The van der Waals surface area contributed by atoms with Crippen molar-refractivity contribution < 1.29 is 9.47 Å². The maximum atomic E-state index is 5.79. The Kier molecular flexibility index (Phi) is 4.95. The lowest BCUT2D eigenvalue weighted by Crippen LogP contribution is -1.96. The van der Waals surface area contributed by atoms with Crippen molar-refractivity contribution in [2.75, 3.05) is 13.7 Å². The zero-order valence-corrected chi connectivity index (χ0v) is 11.1. The van der Waals surface area contributed by atoms with Gasteiger partial charge >= 0.3 is 0 Å². The Morgan fingerprint density at radius 2 is 1.74 bits per heavy atom. The zero-order chi connectivity index (χ0) is 13.5. The second-order valence-corrected chi connectivity index (χ2v) is 4.34. The quantitative estimate of drug-likeness (QED) is 0.864. The molecular formula is C16H19NO2. The number of rotatable bonds is 6. The molecule has 0 fully saturated rings. The summed E-state index contributed by atoms with van der Waals surface area (Å²) in [5, 5.41) is 0. The molecule has 0 bridgehead atoms. The van der Waals surface area contributed by atoms with Crippen LogP contribution in [0, 0.1) is 0 Å². The van der Waals surface area contributed by atoms with Crippen LogP contribution in [-0.2, 0) is 17.7 Å². The minimum atomic E-state index is 0.521. The topological polar surface area (TPSA) is 44.5 Å². The van der Waals surface area contributed by atoms with Crippen molar-refractivity contribution in [3.05, 3.63) is 59.7 Å². The van der Waals surface area contributed by atoms with Crippen molar-refractivity contribution in [2.24, 2.45) is 5.73 Å². The van der Waals surface area contributed by atoms with E-state index in [0.29, 0.717) is 6.54 Å². The van der Waals surface area contributed by atoms with Crippen molar-refractivity contribution >= 4 is 0 Å². The molecule has 2 aromatic carbocycles. The van der Waals surface area contributed by atoms with Crippen LogP contribution in [0.1, 0.15) is 11.1 Å². The first kappa shape index (κ1) is 13.6. The average molecular weight is 257 g/mol. The summed E-state index contributed by atoms with van der Waals surface area (Å²) >= 11 is 0. The van der Waals surface area contributed by atoms with Gasteiger partial charge in [-0.3, -0.25) is 0 Å². The molecule has 2 rings (SSSR count). The van der Waals surface area contributed by atoms with Gasteiger partial charge in [-0.1, -0.05) is 24.3 Å². The predicted molar refractivity (Wildman–Crippen MR) is 76.4 cm³/mol. The fourth-order valence-corrected chi connectivity index (χ4v) is 1.82. The molecule has 0 unspecified atom stereocenters. The molecule has 0 saturated heterocycles. The Labute approximate surface area is 114 Å². The van der Waals surface area contributed by atoms with Gasteiger partial charge in [-0.25, -0.2) is 0 Å². The molecule has 0 aliphatic rings. The van der Waals surface area contributed by atoms with Gasteiger partial charge in [0.1, 0.15) is 11.5 Å². The van der Waals surface area contributed by atoms with E-state index in [-0.39, 0.29) is 0 Å². The third-order valence-corrected chi connectivity index (χ3v) is 2.89. The lowest BCUT2D eigenvalue weighted by Gasteiger charge is -2.08. The molecule has 0 spiro atoms. The highest BCUT2D eigenvalue weighted by Gasteiger charge is 1.99. The molecule has 0 saturated carbocycles. The Morgan fingerprint density at radius 1 is 0.947 bits per heavy atom. The smallest absolute Gasteiger partial charge is 0.127 e. The van der Waals surface area contributed by atoms with Crippen molar-refractivity contribution in [1.82, 2.24) is 0 Å². The Hall–Kier alpha value is -1.84. The molecule has 0 heterocycles. The SMILES string of the molecule is COCCc1ccc(Oc2cccc(CN)c2)cc1. The van der Waals surface area contributed by atoms with Crippen LogP contribution in [0.5, 0.6) is 11.5 Å². The lowest BCUT2D eigenvalue weighted by molar-refractivity contribution is 0.202. The summed E-state index contributed by atoms with van der Waals surface area (Å²) in [6, 6.07) is 15.9. The van der Waals surface area contributed by atoms with E-state index in [1.54, 1.807) is 7.11 Å². The normalized spacial score (nSPS) is 10.4. The van der Waals surface area contributed by atoms with E-state index in [4.69, 9.17) is 15.2 Å². The number of hydrogen-bond donors (Lipinski definition) is 1. The highest BCUT2D eigenvalue weighted by Crippen LogP contribution is 2.22. The van der Waals surface area contributed by atoms with Crippen LogP contribution in [0.15, 0.2) is 48.5 Å². The summed E-state index contributed by atoms with van der Waals surface area (Å²) in [5.74, 6) is 1.64. The van der Waals surface area contributed by atoms with Gasteiger partial charge in [-0.2, -0.15) is 0 Å². The molecule has 2 N–H and O–H groups in total. The molecule has 100 valence electrons. The van der Waals surface area contributed by atoms with Crippen molar-refractivity contribution in [1.29, 1.82) is 0 Å². The number of hydrogen-bond acceptors (Lipinski definition) is 3. The predicted octanol–water partition coefficient (Wildman–Crippen LogP) is 3.13. The van der Waals surface area contributed by atoms with E-state index in [1.807, 2.05) is 36.4 Å². The van der Waals surface area contributed by atoms with E-state index >= 15 is 0 Å².